The smallest absolute Gasteiger partial charge is 0.259 e. The van der Waals surface area contributed by atoms with Gasteiger partial charge in [-0.3, -0.25) is 9.69 Å². The molecule has 4 rings (SSSR count). The average Bonchev–Trinajstić information content (AvgIpc) is 3.28. The molecule has 1 aliphatic carbocycles. The maximum absolute atomic E-state index is 13.5. The van der Waals surface area contributed by atoms with Crippen molar-refractivity contribution in [1.82, 2.24) is 9.80 Å². The van der Waals surface area contributed by atoms with Crippen LogP contribution in [-0.2, 0) is 16.9 Å². The first-order valence-electron chi connectivity index (χ1n) is 10.7. The van der Waals surface area contributed by atoms with E-state index in [0.717, 1.165) is 31.7 Å². The second-order valence-electron chi connectivity index (χ2n) is 8.46. The van der Waals surface area contributed by atoms with E-state index in [4.69, 9.17) is 0 Å². The van der Waals surface area contributed by atoms with Crippen LogP contribution in [0.25, 0.3) is 0 Å². The fourth-order valence-corrected chi connectivity index (χ4v) is 4.88. The van der Waals surface area contributed by atoms with E-state index in [1.807, 2.05) is 30.3 Å². The third-order valence-electron chi connectivity index (χ3n) is 6.47. The fraction of sp³-hybridized carbons (Fsp3) is 0.458. The van der Waals surface area contributed by atoms with Crippen molar-refractivity contribution in [3.63, 3.8) is 0 Å². The van der Waals surface area contributed by atoms with Crippen LogP contribution in [-0.4, -0.2) is 47.0 Å². The number of rotatable bonds is 5. The number of nitrogens with zero attached hydrogens (tertiary/aromatic N) is 2. The van der Waals surface area contributed by atoms with E-state index in [2.05, 4.69) is 4.90 Å². The lowest BCUT2D eigenvalue weighted by Crippen LogP contribution is -2.56. The molecule has 1 saturated heterocycles. The molecule has 1 heterocycles. The molecule has 0 spiro atoms. The van der Waals surface area contributed by atoms with E-state index in [1.54, 1.807) is 4.90 Å². The number of halogens is 2. The maximum atomic E-state index is 13.5. The lowest BCUT2D eigenvalue weighted by atomic mass is 9.79. The van der Waals surface area contributed by atoms with E-state index >= 15 is 0 Å². The zero-order valence-corrected chi connectivity index (χ0v) is 17.1. The van der Waals surface area contributed by atoms with Crippen molar-refractivity contribution in [3.05, 3.63) is 71.3 Å². The topological polar surface area (TPSA) is 43.8 Å². The van der Waals surface area contributed by atoms with Gasteiger partial charge in [-0.25, -0.2) is 8.78 Å². The zero-order chi connectivity index (χ0) is 21.1. The van der Waals surface area contributed by atoms with Crippen LogP contribution in [0.3, 0.4) is 0 Å². The average molecular weight is 414 g/mol. The molecule has 1 amide bonds. The van der Waals surface area contributed by atoms with Gasteiger partial charge >= 0.3 is 0 Å². The van der Waals surface area contributed by atoms with Gasteiger partial charge in [-0.05, 0) is 36.1 Å². The first-order chi connectivity index (χ1) is 14.5. The van der Waals surface area contributed by atoms with Gasteiger partial charge in [0.05, 0.1) is 0 Å². The molecule has 4 nitrogen and oxygen atoms in total. The summed E-state index contributed by atoms with van der Waals surface area (Å²) in [6.07, 6.45) is 3.76. The molecule has 2 aromatic carbocycles. The Bertz CT molecular complexity index is 858. The van der Waals surface area contributed by atoms with Crippen LogP contribution in [0, 0.1) is 17.6 Å². The molecule has 2 aliphatic rings. The minimum atomic E-state index is -1.49. The molecule has 30 heavy (non-hydrogen) atoms. The Hall–Kier alpha value is -2.31. The normalized spacial score (nSPS) is 20.3. The highest BCUT2D eigenvalue weighted by Gasteiger charge is 2.48. The molecule has 160 valence electrons. The van der Waals surface area contributed by atoms with E-state index in [-0.39, 0.29) is 11.8 Å². The van der Waals surface area contributed by atoms with Crippen LogP contribution in [0.5, 0.6) is 0 Å². The van der Waals surface area contributed by atoms with E-state index in [9.17, 15) is 18.7 Å². The van der Waals surface area contributed by atoms with Crippen LogP contribution in [0.2, 0.25) is 0 Å². The standard InChI is InChI=1S/C24H28F2N2O2/c25-21-14-18(15-22(26)16-21)17-27-10-12-28(13-11-27)23(29)24(30,20-8-4-5-9-20)19-6-2-1-3-7-19/h1-3,6-7,14-16,20,30H,4-5,8-13,17H2/t24-/m0/s1. The lowest BCUT2D eigenvalue weighted by Gasteiger charge is -2.41. The minimum Gasteiger partial charge on any atom is -0.375 e. The number of carbonyl (C=O) groups excluding carboxylic acids is 1. The molecule has 2 aromatic rings. The largest absolute Gasteiger partial charge is 0.375 e. The Morgan fingerprint density at radius 2 is 1.57 bits per heavy atom. The summed E-state index contributed by atoms with van der Waals surface area (Å²) in [5, 5.41) is 11.7. The minimum absolute atomic E-state index is 0.0688. The predicted molar refractivity (Wildman–Crippen MR) is 111 cm³/mol. The van der Waals surface area contributed by atoms with Crippen LogP contribution >= 0.6 is 0 Å². The number of piperazine rings is 1. The van der Waals surface area contributed by atoms with E-state index < -0.39 is 17.2 Å². The highest BCUT2D eigenvalue weighted by atomic mass is 19.1. The molecule has 1 atom stereocenters. The van der Waals surface area contributed by atoms with Crippen molar-refractivity contribution < 1.29 is 18.7 Å². The summed E-state index contributed by atoms with van der Waals surface area (Å²) in [7, 11) is 0. The number of benzene rings is 2. The monoisotopic (exact) mass is 414 g/mol. The van der Waals surface area contributed by atoms with Gasteiger partial charge in [0.25, 0.3) is 5.91 Å². The van der Waals surface area contributed by atoms with Crippen molar-refractivity contribution in [2.75, 3.05) is 26.2 Å². The van der Waals surface area contributed by atoms with Crippen molar-refractivity contribution in [2.45, 2.75) is 37.8 Å². The maximum Gasteiger partial charge on any atom is 0.259 e. The molecule has 0 radical (unpaired) electrons. The Balaban J connectivity index is 1.45. The van der Waals surface area contributed by atoms with E-state index in [0.29, 0.717) is 43.9 Å². The lowest BCUT2D eigenvalue weighted by molar-refractivity contribution is -0.161. The van der Waals surface area contributed by atoms with Crippen molar-refractivity contribution in [1.29, 1.82) is 0 Å². The quantitative estimate of drug-likeness (QED) is 0.812. The van der Waals surface area contributed by atoms with Gasteiger partial charge in [0.1, 0.15) is 11.6 Å². The second kappa shape index (κ2) is 8.82. The molecule has 1 N–H and O–H groups in total. The van der Waals surface area contributed by atoms with Crippen LogP contribution in [0.1, 0.15) is 36.8 Å². The van der Waals surface area contributed by atoms with Crippen molar-refractivity contribution in [3.8, 4) is 0 Å². The molecule has 6 heteroatoms. The fourth-order valence-electron chi connectivity index (χ4n) is 4.88. The van der Waals surface area contributed by atoms with Crippen LogP contribution in [0.4, 0.5) is 8.78 Å². The highest BCUT2D eigenvalue weighted by Crippen LogP contribution is 2.42. The van der Waals surface area contributed by atoms with Crippen molar-refractivity contribution >= 4 is 5.91 Å². The second-order valence-corrected chi connectivity index (χ2v) is 8.46. The molecule has 1 aliphatic heterocycles. The van der Waals surface area contributed by atoms with Crippen LogP contribution < -0.4 is 0 Å². The van der Waals surface area contributed by atoms with Crippen molar-refractivity contribution in [2.24, 2.45) is 5.92 Å². The Labute approximate surface area is 176 Å². The molecule has 2 fully saturated rings. The summed E-state index contributed by atoms with van der Waals surface area (Å²) in [6.45, 7) is 2.60. The zero-order valence-electron chi connectivity index (χ0n) is 17.1. The molecule has 0 bridgehead atoms. The third kappa shape index (κ3) is 4.25. The summed E-state index contributed by atoms with van der Waals surface area (Å²) in [6, 6.07) is 12.8. The summed E-state index contributed by atoms with van der Waals surface area (Å²) < 4.78 is 26.9. The summed E-state index contributed by atoms with van der Waals surface area (Å²) in [5.41, 5.74) is -0.246. The van der Waals surface area contributed by atoms with Gasteiger partial charge in [-0.15, -0.1) is 0 Å². The van der Waals surface area contributed by atoms with Gasteiger partial charge in [0, 0.05) is 44.7 Å². The first-order valence-corrected chi connectivity index (χ1v) is 10.7. The molecular formula is C24H28F2N2O2. The number of aliphatic hydroxyl groups is 1. The van der Waals surface area contributed by atoms with Crippen LogP contribution in [0.15, 0.2) is 48.5 Å². The molecule has 1 saturated carbocycles. The SMILES string of the molecule is O=C(N1CCN(Cc2cc(F)cc(F)c2)CC1)[C@](O)(c1ccccc1)C1CCCC1. The number of hydrogen-bond acceptors (Lipinski definition) is 3. The molecule has 0 aromatic heterocycles. The van der Waals surface area contributed by atoms with Gasteiger partial charge in [0.2, 0.25) is 0 Å². The predicted octanol–water partition coefficient (Wildman–Crippen LogP) is 3.69. The van der Waals surface area contributed by atoms with Gasteiger partial charge in [-0.2, -0.15) is 0 Å². The Kier molecular flexibility index (Phi) is 6.16. The molecular weight excluding hydrogens is 386 g/mol. The number of carbonyl (C=O) groups is 1. The van der Waals surface area contributed by atoms with E-state index in [1.165, 1.54) is 12.1 Å². The van der Waals surface area contributed by atoms with Gasteiger partial charge < -0.3 is 10.0 Å². The first kappa shape index (κ1) is 20.9. The van der Waals surface area contributed by atoms with Gasteiger partial charge in [0.15, 0.2) is 5.60 Å². The number of hydrogen-bond donors (Lipinski definition) is 1. The summed E-state index contributed by atoms with van der Waals surface area (Å²) >= 11 is 0. The molecule has 0 unspecified atom stereocenters. The van der Waals surface area contributed by atoms with Gasteiger partial charge in [-0.1, -0.05) is 43.2 Å². The summed E-state index contributed by atoms with van der Waals surface area (Å²) in [5.74, 6) is -1.45. The summed E-state index contributed by atoms with van der Waals surface area (Å²) in [4.78, 5) is 17.3. The number of amides is 1. The highest BCUT2D eigenvalue weighted by molar-refractivity contribution is 5.87. The Morgan fingerprint density at radius 1 is 0.967 bits per heavy atom. The Morgan fingerprint density at radius 3 is 2.17 bits per heavy atom. The third-order valence-corrected chi connectivity index (χ3v) is 6.47.